The average molecular weight is 899 g/mol. The van der Waals surface area contributed by atoms with E-state index in [1.54, 1.807) is 66.7 Å². The van der Waals surface area contributed by atoms with Crippen LogP contribution in [0, 0.1) is 5.82 Å². The molecule has 2 fully saturated rings. The fourth-order valence-corrected chi connectivity index (χ4v) is 7.92. The van der Waals surface area contributed by atoms with Gasteiger partial charge in [0.05, 0.1) is 74.1 Å². The average Bonchev–Trinajstić information content (AvgIpc) is 3.35. The quantitative estimate of drug-likeness (QED) is 0.0652. The highest BCUT2D eigenvalue weighted by Gasteiger charge is 2.35. The first-order valence-corrected chi connectivity index (χ1v) is 22.0. The number of hydrogen-bond acceptors (Lipinski definition) is 16. The summed E-state index contributed by atoms with van der Waals surface area (Å²) in [7, 11) is 0. The minimum absolute atomic E-state index is 0.0678. The van der Waals surface area contributed by atoms with Gasteiger partial charge in [-0.25, -0.2) is 4.39 Å². The molecule has 2 atom stereocenters. The predicted octanol–water partition coefficient (Wildman–Crippen LogP) is 2.39. The van der Waals surface area contributed by atoms with E-state index in [-0.39, 0.29) is 53.7 Å². The van der Waals surface area contributed by atoms with Gasteiger partial charge in [0.2, 0.25) is 0 Å². The fraction of sp³-hybridized carbons (Fsp3) is 0.417. The zero-order valence-corrected chi connectivity index (χ0v) is 36.4. The summed E-state index contributed by atoms with van der Waals surface area (Å²) in [6.45, 7) is 9.49. The van der Waals surface area contributed by atoms with Gasteiger partial charge in [-0.05, 0) is 50.2 Å². The van der Waals surface area contributed by atoms with Crippen molar-refractivity contribution in [2.24, 2.45) is 5.73 Å². The summed E-state index contributed by atoms with van der Waals surface area (Å²) in [4.78, 5) is 57.0. The Morgan fingerprint density at radius 1 is 0.554 bits per heavy atom. The van der Waals surface area contributed by atoms with Crippen molar-refractivity contribution < 1.29 is 53.5 Å². The third-order valence-corrected chi connectivity index (χ3v) is 11.5. The number of aliphatic hydroxyl groups excluding tert-OH is 4. The SMILES string of the molecule is NCC(O)CO.O=C1c2ccccc2C(=O)c2c(NCC(O)CO)ccc(NCCCN3CCOCC3)c21.O=C1c2ccccc2C(=O)c2c(NCCCN3CCOCC3)ccc(F)c21. The first kappa shape index (κ1) is 49.0. The van der Waals surface area contributed by atoms with Gasteiger partial charge in [-0.1, -0.05) is 48.5 Å². The second kappa shape index (κ2) is 24.2. The molecule has 2 aliphatic heterocycles. The summed E-state index contributed by atoms with van der Waals surface area (Å²) >= 11 is 0. The normalized spacial score (nSPS) is 16.6. The molecule has 8 rings (SSSR count). The second-order valence-corrected chi connectivity index (χ2v) is 15.9. The number of ether oxygens (including phenoxy) is 2. The smallest absolute Gasteiger partial charge is 0.197 e. The van der Waals surface area contributed by atoms with Crippen molar-refractivity contribution in [2.45, 2.75) is 25.0 Å². The van der Waals surface area contributed by atoms with Gasteiger partial charge in [-0.2, -0.15) is 0 Å². The van der Waals surface area contributed by atoms with Crippen molar-refractivity contribution in [2.75, 3.05) is 121 Å². The molecule has 4 aliphatic rings. The fourth-order valence-electron chi connectivity index (χ4n) is 7.92. The van der Waals surface area contributed by atoms with Crippen LogP contribution in [0.3, 0.4) is 0 Å². The molecule has 16 nitrogen and oxygen atoms in total. The van der Waals surface area contributed by atoms with Gasteiger partial charge in [0, 0.05) is 91.7 Å². The van der Waals surface area contributed by atoms with E-state index < -0.39 is 30.4 Å². The summed E-state index contributed by atoms with van der Waals surface area (Å²) in [5.41, 5.74) is 8.52. The van der Waals surface area contributed by atoms with E-state index >= 15 is 0 Å². The van der Waals surface area contributed by atoms with Crippen LogP contribution in [0.15, 0.2) is 72.8 Å². The Balaban J connectivity index is 0.000000193. The van der Waals surface area contributed by atoms with Crippen molar-refractivity contribution in [3.8, 4) is 0 Å². The van der Waals surface area contributed by atoms with Gasteiger partial charge in [-0.15, -0.1) is 0 Å². The number of halogens is 1. The highest BCUT2D eigenvalue weighted by Crippen LogP contribution is 2.37. The number of carbonyl (C=O) groups excluding carboxylic acids is 4. The molecule has 17 heteroatoms. The summed E-state index contributed by atoms with van der Waals surface area (Å²) < 4.78 is 25.1. The zero-order valence-electron chi connectivity index (χ0n) is 36.4. The molecule has 0 aromatic heterocycles. The second-order valence-electron chi connectivity index (χ2n) is 15.9. The molecule has 4 aromatic rings. The lowest BCUT2D eigenvalue weighted by Gasteiger charge is -2.27. The van der Waals surface area contributed by atoms with E-state index in [1.165, 1.54) is 6.07 Å². The first-order chi connectivity index (χ1) is 31.6. The Bertz CT molecular complexity index is 2280. The molecule has 2 unspecified atom stereocenters. The third kappa shape index (κ3) is 12.3. The molecule has 0 spiro atoms. The van der Waals surface area contributed by atoms with Crippen LogP contribution in [0.2, 0.25) is 0 Å². The summed E-state index contributed by atoms with van der Waals surface area (Å²) in [5.74, 6) is -1.83. The van der Waals surface area contributed by atoms with Crippen LogP contribution >= 0.6 is 0 Å². The third-order valence-electron chi connectivity index (χ3n) is 11.5. The molecule has 2 heterocycles. The Morgan fingerprint density at radius 2 is 0.923 bits per heavy atom. The van der Waals surface area contributed by atoms with Gasteiger partial charge in [0.15, 0.2) is 23.1 Å². The molecule has 4 aromatic carbocycles. The molecule has 348 valence electrons. The Kier molecular flexibility index (Phi) is 18.2. The van der Waals surface area contributed by atoms with Crippen LogP contribution in [0.4, 0.5) is 21.5 Å². The van der Waals surface area contributed by atoms with Gasteiger partial charge in [0.1, 0.15) is 5.82 Å². The minimum Gasteiger partial charge on any atom is -0.394 e. The van der Waals surface area contributed by atoms with Crippen LogP contribution < -0.4 is 21.7 Å². The van der Waals surface area contributed by atoms with Gasteiger partial charge < -0.3 is 51.6 Å². The molecule has 0 radical (unpaired) electrons. The van der Waals surface area contributed by atoms with Crippen LogP contribution in [0.5, 0.6) is 0 Å². The lowest BCUT2D eigenvalue weighted by molar-refractivity contribution is 0.0378. The Labute approximate surface area is 377 Å². The predicted molar refractivity (Wildman–Crippen MR) is 244 cm³/mol. The van der Waals surface area contributed by atoms with Gasteiger partial charge in [0.25, 0.3) is 0 Å². The number of rotatable bonds is 16. The van der Waals surface area contributed by atoms with E-state index in [4.69, 9.17) is 30.5 Å². The van der Waals surface area contributed by atoms with Crippen molar-refractivity contribution in [1.82, 2.24) is 9.80 Å². The van der Waals surface area contributed by atoms with E-state index in [1.807, 2.05) is 0 Å². The van der Waals surface area contributed by atoms with Crippen molar-refractivity contribution in [1.29, 1.82) is 0 Å². The number of carbonyl (C=O) groups is 4. The lowest BCUT2D eigenvalue weighted by atomic mass is 9.82. The van der Waals surface area contributed by atoms with Crippen LogP contribution in [0.25, 0.3) is 0 Å². The molecule has 0 amide bonds. The molecule has 9 N–H and O–H groups in total. The minimum atomic E-state index is -0.967. The molecule has 2 saturated heterocycles. The topological polar surface area (TPSA) is 236 Å². The Morgan fingerprint density at radius 3 is 1.31 bits per heavy atom. The number of nitrogens with zero attached hydrogens (tertiary/aromatic N) is 2. The molecule has 2 aliphatic carbocycles. The number of fused-ring (bicyclic) bond motifs is 4. The summed E-state index contributed by atoms with van der Waals surface area (Å²) in [6, 6.07) is 19.7. The molecule has 65 heavy (non-hydrogen) atoms. The van der Waals surface area contributed by atoms with Gasteiger partial charge >= 0.3 is 0 Å². The van der Waals surface area contributed by atoms with Crippen LogP contribution in [0.1, 0.15) is 76.5 Å². The highest BCUT2D eigenvalue weighted by atomic mass is 19.1. The first-order valence-electron chi connectivity index (χ1n) is 22.0. The number of hydrogen-bond donors (Lipinski definition) is 8. The van der Waals surface area contributed by atoms with Crippen LogP contribution in [-0.2, 0) is 9.47 Å². The molecular weight excluding hydrogens is 840 g/mol. The maximum absolute atomic E-state index is 14.4. The number of aliphatic hydroxyl groups is 4. The lowest BCUT2D eigenvalue weighted by Crippen LogP contribution is -2.37. The summed E-state index contributed by atoms with van der Waals surface area (Å²) in [6.07, 6.45) is 0.0801. The maximum atomic E-state index is 14.4. The molecular formula is C48H59FN6O10. The zero-order chi connectivity index (χ0) is 46.3. The number of morpholine rings is 2. The van der Waals surface area contributed by atoms with Crippen LogP contribution in [-0.4, -0.2) is 171 Å². The van der Waals surface area contributed by atoms with E-state index in [2.05, 4.69) is 25.8 Å². The van der Waals surface area contributed by atoms with Crippen molar-refractivity contribution >= 4 is 40.2 Å². The highest BCUT2D eigenvalue weighted by molar-refractivity contribution is 6.32. The van der Waals surface area contributed by atoms with E-state index in [0.717, 1.165) is 78.5 Å². The van der Waals surface area contributed by atoms with E-state index in [9.17, 15) is 28.7 Å². The molecule has 0 saturated carbocycles. The van der Waals surface area contributed by atoms with Crippen molar-refractivity contribution in [3.63, 3.8) is 0 Å². The monoisotopic (exact) mass is 898 g/mol. The van der Waals surface area contributed by atoms with Crippen molar-refractivity contribution in [3.05, 3.63) is 123 Å². The van der Waals surface area contributed by atoms with E-state index in [0.29, 0.717) is 58.0 Å². The maximum Gasteiger partial charge on any atom is 0.197 e. The Hall–Kier alpha value is -5.47. The largest absolute Gasteiger partial charge is 0.394 e. The number of nitrogens with one attached hydrogen (secondary N) is 3. The number of anilines is 3. The number of benzene rings is 4. The van der Waals surface area contributed by atoms with Gasteiger partial charge in [-0.3, -0.25) is 29.0 Å². The molecule has 0 bridgehead atoms. The summed E-state index contributed by atoms with van der Waals surface area (Å²) in [5, 5.41) is 44.7. The number of ketones is 4. The standard InChI is InChI=1S/C24H29N3O5.C21H21FN2O3.C3H9NO2/c28-15-16(29)14-26-20-7-6-19(25-8-3-9-27-10-12-32-13-11-27)21-22(20)24(31)18-5-2-1-4-17(18)23(21)30;22-16-6-7-17(23-8-3-9-24-10-12-27-13-11-24)19-18(16)20(25)14-4-1-2-5-15(14)21(19)26;4-1-3(6)2-5/h1-2,4-7,16,25-26,28-29H,3,8-15H2;1-2,4-7,23H,3,8-13H2;3,5-6H,1-2,4H2. The number of nitrogens with two attached hydrogens (primary N) is 1.